The summed E-state index contributed by atoms with van der Waals surface area (Å²) in [5, 5.41) is 0. The fraction of sp³-hybridized carbons (Fsp3) is 0.500. The van der Waals surface area contributed by atoms with Gasteiger partial charge in [-0.1, -0.05) is 17.7 Å². The van der Waals surface area contributed by atoms with Crippen LogP contribution in [0.15, 0.2) is 23.3 Å². The van der Waals surface area contributed by atoms with Crippen LogP contribution in [0.1, 0.15) is 33.1 Å². The maximum Gasteiger partial charge on any atom is 0.162 e. The van der Waals surface area contributed by atoms with Crippen LogP contribution in [0, 0.1) is 0 Å². The molecule has 0 bridgehead atoms. The second-order valence-corrected chi connectivity index (χ2v) is 3.20. The second kappa shape index (κ2) is 3.51. The first-order valence-corrected chi connectivity index (χ1v) is 4.08. The zero-order valence-electron chi connectivity index (χ0n) is 7.18. The van der Waals surface area contributed by atoms with E-state index in [1.807, 2.05) is 26.0 Å². The van der Waals surface area contributed by atoms with E-state index >= 15 is 0 Å². The van der Waals surface area contributed by atoms with E-state index < -0.39 is 0 Å². The van der Waals surface area contributed by atoms with Gasteiger partial charge in [0.2, 0.25) is 0 Å². The number of ketones is 1. The summed E-state index contributed by atoms with van der Waals surface area (Å²) in [4.78, 5) is 11.2. The van der Waals surface area contributed by atoms with Gasteiger partial charge in [-0.05, 0) is 26.7 Å². The molecule has 0 saturated carbocycles. The number of rotatable bonds is 1. The summed E-state index contributed by atoms with van der Waals surface area (Å²) in [7, 11) is 0. The van der Waals surface area contributed by atoms with Gasteiger partial charge in [0.05, 0.1) is 0 Å². The van der Waals surface area contributed by atoms with Gasteiger partial charge in [-0.2, -0.15) is 0 Å². The molecule has 0 amide bonds. The van der Waals surface area contributed by atoms with Crippen LogP contribution in [-0.4, -0.2) is 5.78 Å². The van der Waals surface area contributed by atoms with Crippen molar-refractivity contribution in [3.63, 3.8) is 0 Å². The Hall–Kier alpha value is -0.850. The van der Waals surface area contributed by atoms with Crippen molar-refractivity contribution >= 4 is 5.78 Å². The van der Waals surface area contributed by atoms with E-state index in [0.29, 0.717) is 5.78 Å². The summed E-state index contributed by atoms with van der Waals surface area (Å²) in [6.07, 6.45) is 6.83. The Morgan fingerprint density at radius 3 is 2.82 bits per heavy atom. The predicted molar refractivity (Wildman–Crippen MR) is 46.4 cm³/mol. The van der Waals surface area contributed by atoms with E-state index in [1.54, 1.807) is 0 Å². The topological polar surface area (TPSA) is 17.1 Å². The van der Waals surface area contributed by atoms with Crippen LogP contribution in [0.4, 0.5) is 0 Å². The number of hydrogen-bond donors (Lipinski definition) is 0. The summed E-state index contributed by atoms with van der Waals surface area (Å²) >= 11 is 0. The highest BCUT2D eigenvalue weighted by Crippen LogP contribution is 2.15. The lowest BCUT2D eigenvalue weighted by atomic mass is 9.97. The van der Waals surface area contributed by atoms with Crippen LogP contribution >= 0.6 is 0 Å². The minimum Gasteiger partial charge on any atom is -0.294 e. The van der Waals surface area contributed by atoms with E-state index in [1.165, 1.54) is 5.57 Å². The molecule has 0 aromatic carbocycles. The molecular weight excluding hydrogens is 136 g/mol. The molecule has 0 fully saturated rings. The minimum absolute atomic E-state index is 0.303. The second-order valence-electron chi connectivity index (χ2n) is 3.20. The molecule has 1 heteroatoms. The van der Waals surface area contributed by atoms with Gasteiger partial charge in [0.15, 0.2) is 5.78 Å². The highest BCUT2D eigenvalue weighted by atomic mass is 16.1. The molecule has 1 aliphatic rings. The lowest BCUT2D eigenvalue weighted by Gasteiger charge is -2.07. The Kier molecular flexibility index (Phi) is 2.64. The van der Waals surface area contributed by atoms with Gasteiger partial charge in [0, 0.05) is 12.0 Å². The van der Waals surface area contributed by atoms with Crippen molar-refractivity contribution in [3.05, 3.63) is 23.3 Å². The highest BCUT2D eigenvalue weighted by Gasteiger charge is 2.10. The summed E-state index contributed by atoms with van der Waals surface area (Å²) in [5.74, 6) is 0.303. The number of carbonyl (C=O) groups excluding carboxylic acids is 1. The van der Waals surface area contributed by atoms with E-state index in [2.05, 4.69) is 0 Å². The van der Waals surface area contributed by atoms with Gasteiger partial charge in [0.25, 0.3) is 0 Å². The molecule has 0 spiro atoms. The average Bonchev–Trinajstić information content (AvgIpc) is 1.93. The Morgan fingerprint density at radius 2 is 2.27 bits per heavy atom. The van der Waals surface area contributed by atoms with E-state index in [0.717, 1.165) is 24.8 Å². The standard InChI is InChI=1S/C10H14O/c1-8(2)7-9-5-3-4-6-10(9)11/h5,7H,3-4,6H2,1-2H3. The van der Waals surface area contributed by atoms with E-state index in [-0.39, 0.29) is 0 Å². The van der Waals surface area contributed by atoms with Crippen LogP contribution in [0.5, 0.6) is 0 Å². The fourth-order valence-electron chi connectivity index (χ4n) is 1.23. The Balaban J connectivity index is 2.77. The summed E-state index contributed by atoms with van der Waals surface area (Å²) in [5.41, 5.74) is 2.11. The average molecular weight is 150 g/mol. The third-order valence-electron chi connectivity index (χ3n) is 1.74. The quantitative estimate of drug-likeness (QED) is 0.561. The van der Waals surface area contributed by atoms with Crippen LogP contribution in [0.2, 0.25) is 0 Å². The van der Waals surface area contributed by atoms with E-state index in [9.17, 15) is 4.79 Å². The summed E-state index contributed by atoms with van der Waals surface area (Å²) in [6.45, 7) is 4.03. The number of allylic oxidation sites excluding steroid dienone is 4. The first-order chi connectivity index (χ1) is 5.20. The number of Topliss-reactive ketones (excluding diaryl/α,β-unsaturated/α-hetero) is 1. The van der Waals surface area contributed by atoms with Crippen molar-refractivity contribution in [2.75, 3.05) is 0 Å². The van der Waals surface area contributed by atoms with Crippen LogP contribution in [0.25, 0.3) is 0 Å². The molecule has 0 aliphatic heterocycles. The number of hydrogen-bond acceptors (Lipinski definition) is 1. The zero-order valence-corrected chi connectivity index (χ0v) is 7.18. The summed E-state index contributed by atoms with van der Waals surface area (Å²) < 4.78 is 0. The maximum atomic E-state index is 11.2. The molecule has 0 heterocycles. The van der Waals surface area contributed by atoms with Gasteiger partial charge >= 0.3 is 0 Å². The van der Waals surface area contributed by atoms with Gasteiger partial charge < -0.3 is 0 Å². The molecule has 0 atom stereocenters. The van der Waals surface area contributed by atoms with Crippen molar-refractivity contribution < 1.29 is 4.79 Å². The first-order valence-electron chi connectivity index (χ1n) is 4.08. The molecular formula is C10H14O. The van der Waals surface area contributed by atoms with Crippen molar-refractivity contribution in [1.29, 1.82) is 0 Å². The minimum atomic E-state index is 0.303. The van der Waals surface area contributed by atoms with Gasteiger partial charge in [-0.3, -0.25) is 4.79 Å². The number of carbonyl (C=O) groups is 1. The Morgan fingerprint density at radius 1 is 1.55 bits per heavy atom. The smallest absolute Gasteiger partial charge is 0.162 e. The molecule has 0 aromatic rings. The molecule has 0 N–H and O–H groups in total. The normalized spacial score (nSPS) is 17.6. The van der Waals surface area contributed by atoms with Crippen molar-refractivity contribution in [2.24, 2.45) is 0 Å². The third-order valence-corrected chi connectivity index (χ3v) is 1.74. The maximum absolute atomic E-state index is 11.2. The van der Waals surface area contributed by atoms with Crippen molar-refractivity contribution in [1.82, 2.24) is 0 Å². The van der Waals surface area contributed by atoms with Crippen molar-refractivity contribution in [3.8, 4) is 0 Å². The molecule has 1 nitrogen and oxygen atoms in total. The van der Waals surface area contributed by atoms with Gasteiger partial charge in [-0.25, -0.2) is 0 Å². The molecule has 1 aliphatic carbocycles. The van der Waals surface area contributed by atoms with Crippen LogP contribution in [0.3, 0.4) is 0 Å². The predicted octanol–water partition coefficient (Wildman–Crippen LogP) is 2.63. The Labute approximate surface area is 67.8 Å². The van der Waals surface area contributed by atoms with Gasteiger partial charge in [0.1, 0.15) is 0 Å². The lowest BCUT2D eigenvalue weighted by Crippen LogP contribution is -2.04. The SMILES string of the molecule is CC(C)=CC1=CCCCC1=O. The fourth-order valence-corrected chi connectivity index (χ4v) is 1.23. The monoisotopic (exact) mass is 150 g/mol. The third kappa shape index (κ3) is 2.34. The largest absolute Gasteiger partial charge is 0.294 e. The van der Waals surface area contributed by atoms with Crippen molar-refractivity contribution in [2.45, 2.75) is 33.1 Å². The molecule has 11 heavy (non-hydrogen) atoms. The highest BCUT2D eigenvalue weighted by molar-refractivity contribution is 5.98. The molecule has 0 radical (unpaired) electrons. The molecule has 0 saturated heterocycles. The molecule has 0 aromatic heterocycles. The molecule has 60 valence electrons. The molecule has 1 rings (SSSR count). The van der Waals surface area contributed by atoms with Crippen LogP contribution < -0.4 is 0 Å². The zero-order chi connectivity index (χ0) is 8.27. The Bertz CT molecular complexity index is 217. The first kappa shape index (κ1) is 8.25. The summed E-state index contributed by atoms with van der Waals surface area (Å²) in [6, 6.07) is 0. The van der Waals surface area contributed by atoms with E-state index in [4.69, 9.17) is 0 Å². The molecule has 0 unspecified atom stereocenters. The lowest BCUT2D eigenvalue weighted by molar-refractivity contribution is -0.115. The van der Waals surface area contributed by atoms with Gasteiger partial charge in [-0.15, -0.1) is 0 Å². The van der Waals surface area contributed by atoms with Crippen LogP contribution in [-0.2, 0) is 4.79 Å².